The largest absolute Gasteiger partial charge is 0.370 e. The highest BCUT2D eigenvalue weighted by Gasteiger charge is 2.20. The van der Waals surface area contributed by atoms with Crippen molar-refractivity contribution < 1.29 is 0 Å². The second kappa shape index (κ2) is 6.60. The first-order chi connectivity index (χ1) is 8.81. The molecule has 1 unspecified atom stereocenters. The Morgan fingerprint density at radius 2 is 2.11 bits per heavy atom. The fraction of sp³-hybridized carbons (Fsp3) is 0.500. The number of nitrogens with zero attached hydrogens (tertiary/aromatic N) is 1. The molecule has 0 fully saturated rings. The van der Waals surface area contributed by atoms with E-state index in [0.717, 1.165) is 25.9 Å². The van der Waals surface area contributed by atoms with Crippen molar-refractivity contribution in [3.8, 4) is 0 Å². The fourth-order valence-corrected chi connectivity index (χ4v) is 2.70. The zero-order valence-electron chi connectivity index (χ0n) is 11.1. The van der Waals surface area contributed by atoms with E-state index in [4.69, 9.17) is 5.73 Å². The van der Waals surface area contributed by atoms with Crippen LogP contribution in [0, 0.1) is 0 Å². The molecule has 2 nitrogen and oxygen atoms in total. The Kier molecular flexibility index (Phi) is 4.82. The Morgan fingerprint density at radius 1 is 1.28 bits per heavy atom. The number of nitrogens with two attached hydrogens (primary N) is 1. The zero-order valence-corrected chi connectivity index (χ0v) is 11.1. The summed E-state index contributed by atoms with van der Waals surface area (Å²) in [6, 6.07) is 8.96. The molecule has 2 rings (SSSR count). The van der Waals surface area contributed by atoms with Crippen LogP contribution in [0.15, 0.2) is 36.9 Å². The minimum atomic E-state index is 0.285. The Labute approximate surface area is 110 Å². The molecule has 0 radical (unpaired) electrons. The van der Waals surface area contributed by atoms with Crippen LogP contribution in [-0.4, -0.2) is 19.1 Å². The van der Waals surface area contributed by atoms with Crippen molar-refractivity contribution >= 4 is 5.69 Å². The molecule has 1 aromatic rings. The summed E-state index contributed by atoms with van der Waals surface area (Å²) >= 11 is 0. The Bertz CT molecular complexity index is 386. The standard InChI is InChI=1S/C16H24N2/c1-2-3-4-5-8-11-18-13-15(17)12-14-9-6-7-10-16(14)18/h2,6-7,9-10,15H,1,3-5,8,11-13,17H2. The van der Waals surface area contributed by atoms with Crippen LogP contribution < -0.4 is 10.6 Å². The summed E-state index contributed by atoms with van der Waals surface area (Å²) in [6.07, 6.45) is 7.94. The van der Waals surface area contributed by atoms with Crippen LogP contribution >= 0.6 is 0 Å². The molecule has 0 saturated heterocycles. The second-order valence-electron chi connectivity index (χ2n) is 5.18. The third kappa shape index (κ3) is 3.36. The van der Waals surface area contributed by atoms with Gasteiger partial charge in [0.05, 0.1) is 0 Å². The van der Waals surface area contributed by atoms with E-state index in [0.29, 0.717) is 0 Å². The van der Waals surface area contributed by atoms with Gasteiger partial charge in [0.25, 0.3) is 0 Å². The topological polar surface area (TPSA) is 29.3 Å². The summed E-state index contributed by atoms with van der Waals surface area (Å²) in [4.78, 5) is 2.46. The number of anilines is 1. The average Bonchev–Trinajstić information content (AvgIpc) is 2.38. The highest BCUT2D eigenvalue weighted by Crippen LogP contribution is 2.26. The number of para-hydroxylation sites is 1. The quantitative estimate of drug-likeness (QED) is 0.615. The van der Waals surface area contributed by atoms with Crippen molar-refractivity contribution in [2.45, 2.75) is 38.1 Å². The maximum Gasteiger partial charge on any atom is 0.0399 e. The van der Waals surface area contributed by atoms with E-state index in [1.54, 1.807) is 0 Å². The lowest BCUT2D eigenvalue weighted by molar-refractivity contribution is 0.576. The van der Waals surface area contributed by atoms with Crippen LogP contribution in [-0.2, 0) is 6.42 Å². The van der Waals surface area contributed by atoms with Gasteiger partial charge in [0.15, 0.2) is 0 Å². The molecule has 0 amide bonds. The normalized spacial score (nSPS) is 18.5. The van der Waals surface area contributed by atoms with Crippen LogP contribution in [0.2, 0.25) is 0 Å². The molecule has 1 aliphatic heterocycles. The summed E-state index contributed by atoms with van der Waals surface area (Å²) in [5.74, 6) is 0. The molecule has 0 saturated carbocycles. The van der Waals surface area contributed by atoms with Gasteiger partial charge >= 0.3 is 0 Å². The molecule has 1 heterocycles. The van der Waals surface area contributed by atoms with Gasteiger partial charge in [0, 0.05) is 24.8 Å². The number of hydrogen-bond acceptors (Lipinski definition) is 2. The third-order valence-corrected chi connectivity index (χ3v) is 3.61. The van der Waals surface area contributed by atoms with E-state index in [2.05, 4.69) is 35.7 Å². The summed E-state index contributed by atoms with van der Waals surface area (Å²) < 4.78 is 0. The van der Waals surface area contributed by atoms with Crippen LogP contribution in [0.3, 0.4) is 0 Å². The van der Waals surface area contributed by atoms with E-state index in [1.807, 2.05) is 6.08 Å². The first kappa shape index (κ1) is 13.2. The maximum absolute atomic E-state index is 6.14. The predicted molar refractivity (Wildman–Crippen MR) is 79.0 cm³/mol. The summed E-state index contributed by atoms with van der Waals surface area (Å²) in [5, 5.41) is 0. The first-order valence-electron chi connectivity index (χ1n) is 7.00. The van der Waals surface area contributed by atoms with Crippen molar-refractivity contribution in [1.82, 2.24) is 0 Å². The van der Waals surface area contributed by atoms with E-state index in [9.17, 15) is 0 Å². The molecule has 18 heavy (non-hydrogen) atoms. The number of fused-ring (bicyclic) bond motifs is 1. The van der Waals surface area contributed by atoms with E-state index < -0.39 is 0 Å². The number of allylic oxidation sites excluding steroid dienone is 1. The molecule has 2 heteroatoms. The number of hydrogen-bond donors (Lipinski definition) is 1. The molecular weight excluding hydrogens is 220 g/mol. The average molecular weight is 244 g/mol. The van der Waals surface area contributed by atoms with Gasteiger partial charge in [0.1, 0.15) is 0 Å². The third-order valence-electron chi connectivity index (χ3n) is 3.61. The highest BCUT2D eigenvalue weighted by atomic mass is 15.1. The molecule has 1 atom stereocenters. The zero-order chi connectivity index (χ0) is 12.8. The molecule has 0 bridgehead atoms. The van der Waals surface area contributed by atoms with Crippen molar-refractivity contribution in [2.75, 3.05) is 18.0 Å². The summed E-state index contributed by atoms with van der Waals surface area (Å²) in [5.41, 5.74) is 8.93. The Balaban J connectivity index is 1.90. The molecule has 0 aliphatic carbocycles. The Hall–Kier alpha value is -1.28. The molecule has 98 valence electrons. The maximum atomic E-state index is 6.14. The number of rotatable bonds is 6. The smallest absolute Gasteiger partial charge is 0.0399 e. The molecule has 0 aromatic heterocycles. The van der Waals surface area contributed by atoms with Crippen molar-refractivity contribution in [3.63, 3.8) is 0 Å². The highest BCUT2D eigenvalue weighted by molar-refractivity contribution is 5.56. The van der Waals surface area contributed by atoms with E-state index in [-0.39, 0.29) is 6.04 Å². The van der Waals surface area contributed by atoms with Gasteiger partial charge in [-0.15, -0.1) is 6.58 Å². The molecule has 2 N–H and O–H groups in total. The van der Waals surface area contributed by atoms with Gasteiger partial charge in [-0.05, 0) is 37.3 Å². The lowest BCUT2D eigenvalue weighted by atomic mass is 9.98. The van der Waals surface area contributed by atoms with Gasteiger partial charge in [-0.2, -0.15) is 0 Å². The molecule has 1 aromatic carbocycles. The second-order valence-corrected chi connectivity index (χ2v) is 5.18. The van der Waals surface area contributed by atoms with E-state index >= 15 is 0 Å². The monoisotopic (exact) mass is 244 g/mol. The van der Waals surface area contributed by atoms with Crippen LogP contribution in [0.25, 0.3) is 0 Å². The molecular formula is C16H24N2. The van der Waals surface area contributed by atoms with E-state index in [1.165, 1.54) is 30.5 Å². The van der Waals surface area contributed by atoms with Crippen LogP contribution in [0.5, 0.6) is 0 Å². The van der Waals surface area contributed by atoms with Gasteiger partial charge in [-0.1, -0.05) is 30.7 Å². The SMILES string of the molecule is C=CCCCCCN1CC(N)Cc2ccccc21. The Morgan fingerprint density at radius 3 is 2.94 bits per heavy atom. The van der Waals surface area contributed by atoms with Crippen LogP contribution in [0.4, 0.5) is 5.69 Å². The van der Waals surface area contributed by atoms with Crippen LogP contribution in [0.1, 0.15) is 31.2 Å². The molecule has 1 aliphatic rings. The van der Waals surface area contributed by atoms with Crippen molar-refractivity contribution in [3.05, 3.63) is 42.5 Å². The van der Waals surface area contributed by atoms with Gasteiger partial charge in [-0.3, -0.25) is 0 Å². The van der Waals surface area contributed by atoms with Gasteiger partial charge in [0.2, 0.25) is 0 Å². The fourth-order valence-electron chi connectivity index (χ4n) is 2.70. The van der Waals surface area contributed by atoms with Crippen molar-refractivity contribution in [2.24, 2.45) is 5.73 Å². The lowest BCUT2D eigenvalue weighted by Crippen LogP contribution is -2.43. The number of benzene rings is 1. The van der Waals surface area contributed by atoms with Gasteiger partial charge < -0.3 is 10.6 Å². The first-order valence-corrected chi connectivity index (χ1v) is 7.00. The minimum absolute atomic E-state index is 0.285. The lowest BCUT2D eigenvalue weighted by Gasteiger charge is -2.34. The van der Waals surface area contributed by atoms with Crippen molar-refractivity contribution in [1.29, 1.82) is 0 Å². The number of unbranched alkanes of at least 4 members (excludes halogenated alkanes) is 3. The molecule has 0 spiro atoms. The summed E-state index contributed by atoms with van der Waals surface area (Å²) in [7, 11) is 0. The minimum Gasteiger partial charge on any atom is -0.370 e. The summed E-state index contributed by atoms with van der Waals surface area (Å²) in [6.45, 7) is 5.89. The predicted octanol–water partition coefficient (Wildman–Crippen LogP) is 3.12. The van der Waals surface area contributed by atoms with Gasteiger partial charge in [-0.25, -0.2) is 0 Å².